The van der Waals surface area contributed by atoms with Crippen LogP contribution in [0.1, 0.15) is 52.9 Å². The highest BCUT2D eigenvalue weighted by atomic mass is 16.6. The number of nitrogens with zero attached hydrogens (tertiary/aromatic N) is 4. The molecule has 3 heterocycles. The van der Waals surface area contributed by atoms with Gasteiger partial charge in [0.2, 0.25) is 5.91 Å². The lowest BCUT2D eigenvalue weighted by Gasteiger charge is -2.47. The Balaban J connectivity index is 1.33. The molecule has 6 rings (SSSR count). The minimum absolute atomic E-state index is 0.00649. The predicted molar refractivity (Wildman–Crippen MR) is 157 cm³/mol. The Morgan fingerprint density at radius 3 is 2.24 bits per heavy atom. The summed E-state index contributed by atoms with van der Waals surface area (Å²) in [5.74, 6) is 0.679. The van der Waals surface area contributed by atoms with E-state index in [1.807, 2.05) is 60.0 Å². The third-order valence-corrected chi connectivity index (χ3v) is 8.47. The van der Waals surface area contributed by atoms with Crippen molar-refractivity contribution in [2.45, 2.75) is 32.2 Å². The second-order valence-electron chi connectivity index (χ2n) is 10.7. The SMILES string of the molecule is CCOc1cc2c(cc1OCC)[C@@H]1[C@@H](C(=O)N3CCN(c4ccc([N+](=O)[O-])cc4)CC3)c3ccccc3C(=O)N1CC2. The number of carbonyl (C=O) groups excluding carboxylic acids is 2. The summed E-state index contributed by atoms with van der Waals surface area (Å²) >= 11 is 0. The smallest absolute Gasteiger partial charge is 0.269 e. The fraction of sp³-hybridized carbons (Fsp3) is 0.375. The van der Waals surface area contributed by atoms with Gasteiger partial charge in [-0.1, -0.05) is 18.2 Å². The molecule has 3 aliphatic rings. The van der Waals surface area contributed by atoms with Crippen LogP contribution in [-0.4, -0.2) is 72.5 Å². The van der Waals surface area contributed by atoms with Crippen LogP contribution in [0.2, 0.25) is 0 Å². The maximum Gasteiger partial charge on any atom is 0.269 e. The fourth-order valence-corrected chi connectivity index (χ4v) is 6.50. The maximum absolute atomic E-state index is 14.5. The minimum atomic E-state index is -0.559. The average molecular weight is 571 g/mol. The molecule has 3 aromatic rings. The molecule has 0 spiro atoms. The van der Waals surface area contributed by atoms with Crippen LogP contribution in [0.5, 0.6) is 11.5 Å². The Hall–Kier alpha value is -4.60. The number of amides is 2. The molecular formula is C32H34N4O6. The number of anilines is 1. The van der Waals surface area contributed by atoms with E-state index in [9.17, 15) is 19.7 Å². The Labute approximate surface area is 244 Å². The van der Waals surface area contributed by atoms with Crippen molar-refractivity contribution < 1.29 is 24.0 Å². The Morgan fingerprint density at radius 1 is 0.905 bits per heavy atom. The molecular weight excluding hydrogens is 536 g/mol. The van der Waals surface area contributed by atoms with Crippen molar-refractivity contribution in [1.82, 2.24) is 9.80 Å². The van der Waals surface area contributed by atoms with Crippen LogP contribution in [-0.2, 0) is 11.2 Å². The van der Waals surface area contributed by atoms with Crippen LogP contribution in [0, 0.1) is 10.1 Å². The van der Waals surface area contributed by atoms with Gasteiger partial charge in [-0.3, -0.25) is 19.7 Å². The van der Waals surface area contributed by atoms with E-state index in [1.54, 1.807) is 12.1 Å². The lowest BCUT2D eigenvalue weighted by molar-refractivity contribution is -0.384. The van der Waals surface area contributed by atoms with Crippen LogP contribution in [0.25, 0.3) is 0 Å². The van der Waals surface area contributed by atoms with Gasteiger partial charge in [0.1, 0.15) is 0 Å². The average Bonchev–Trinajstić information content (AvgIpc) is 3.01. The highest BCUT2D eigenvalue weighted by molar-refractivity contribution is 6.01. The summed E-state index contributed by atoms with van der Waals surface area (Å²) in [5, 5.41) is 11.0. The fourth-order valence-electron chi connectivity index (χ4n) is 6.50. The van der Waals surface area contributed by atoms with Gasteiger partial charge in [-0.15, -0.1) is 0 Å². The topological polar surface area (TPSA) is 105 Å². The normalized spacial score (nSPS) is 19.5. The van der Waals surface area contributed by atoms with Crippen LogP contribution in [0.3, 0.4) is 0 Å². The number of benzene rings is 3. The van der Waals surface area contributed by atoms with Crippen molar-refractivity contribution in [2.24, 2.45) is 0 Å². The zero-order valence-electron chi connectivity index (χ0n) is 23.8. The first kappa shape index (κ1) is 27.6. The van der Waals surface area contributed by atoms with Gasteiger partial charge in [0.15, 0.2) is 11.5 Å². The second-order valence-corrected chi connectivity index (χ2v) is 10.7. The standard InChI is InChI=1S/C32H34N4O6/c1-3-41-27-19-21-13-14-35-30(26(21)20-28(27)42-4-2)29(24-7-5-6-8-25(24)31(35)37)32(38)34-17-15-33(16-18-34)22-9-11-23(12-10-22)36(39)40/h5-12,19-20,29-30H,3-4,13-18H2,1-2H3/t29-,30+/m0/s1. The molecule has 0 N–H and O–H groups in total. The van der Waals surface area contributed by atoms with Crippen LogP contribution in [0.4, 0.5) is 11.4 Å². The molecule has 3 aliphatic heterocycles. The highest BCUT2D eigenvalue weighted by Crippen LogP contribution is 2.49. The molecule has 1 fully saturated rings. The van der Waals surface area contributed by atoms with Gasteiger partial charge in [-0.05, 0) is 67.3 Å². The molecule has 2 atom stereocenters. The molecule has 1 saturated heterocycles. The number of hydrogen-bond acceptors (Lipinski definition) is 7. The molecule has 2 amide bonds. The molecule has 0 bridgehead atoms. The van der Waals surface area contributed by atoms with Gasteiger partial charge < -0.3 is 24.2 Å². The van der Waals surface area contributed by atoms with Gasteiger partial charge in [0.05, 0.1) is 30.1 Å². The van der Waals surface area contributed by atoms with Crippen LogP contribution < -0.4 is 14.4 Å². The summed E-state index contributed by atoms with van der Waals surface area (Å²) in [4.78, 5) is 44.7. The number of nitro benzene ring substituents is 1. The van der Waals surface area contributed by atoms with Crippen molar-refractivity contribution in [3.05, 3.63) is 93.0 Å². The van der Waals surface area contributed by atoms with Gasteiger partial charge in [-0.25, -0.2) is 0 Å². The number of piperazine rings is 1. The summed E-state index contributed by atoms with van der Waals surface area (Å²) in [6.45, 7) is 7.58. The third-order valence-electron chi connectivity index (χ3n) is 8.47. The van der Waals surface area contributed by atoms with E-state index in [1.165, 1.54) is 12.1 Å². The van der Waals surface area contributed by atoms with E-state index in [0.29, 0.717) is 69.4 Å². The number of rotatable bonds is 7. The van der Waals surface area contributed by atoms with Crippen molar-refractivity contribution in [1.29, 1.82) is 0 Å². The number of ether oxygens (including phenoxy) is 2. The minimum Gasteiger partial charge on any atom is -0.490 e. The number of fused-ring (bicyclic) bond motifs is 4. The Bertz CT molecular complexity index is 1520. The highest BCUT2D eigenvalue weighted by Gasteiger charge is 2.48. The molecule has 0 radical (unpaired) electrons. The first-order chi connectivity index (χ1) is 20.4. The predicted octanol–water partition coefficient (Wildman–Crippen LogP) is 4.58. The lowest BCUT2D eigenvalue weighted by Crippen LogP contribution is -2.54. The third kappa shape index (κ3) is 4.80. The molecule has 10 nitrogen and oxygen atoms in total. The Kier molecular flexibility index (Phi) is 7.45. The summed E-state index contributed by atoms with van der Waals surface area (Å²) in [7, 11) is 0. The van der Waals surface area contributed by atoms with E-state index in [0.717, 1.165) is 22.4 Å². The zero-order chi connectivity index (χ0) is 29.4. The van der Waals surface area contributed by atoms with Gasteiger partial charge in [-0.2, -0.15) is 0 Å². The van der Waals surface area contributed by atoms with Gasteiger partial charge >= 0.3 is 0 Å². The summed E-state index contributed by atoms with van der Waals surface area (Å²) < 4.78 is 11.8. The molecule has 0 aliphatic carbocycles. The van der Waals surface area contributed by atoms with Gasteiger partial charge in [0, 0.05) is 56.1 Å². The maximum atomic E-state index is 14.5. The summed E-state index contributed by atoms with van der Waals surface area (Å²) in [6.07, 6.45) is 0.668. The molecule has 42 heavy (non-hydrogen) atoms. The largest absolute Gasteiger partial charge is 0.490 e. The van der Waals surface area contributed by atoms with Crippen molar-refractivity contribution >= 4 is 23.2 Å². The van der Waals surface area contributed by atoms with Crippen LogP contribution in [0.15, 0.2) is 60.7 Å². The summed E-state index contributed by atoms with van der Waals surface area (Å²) in [6, 6.07) is 17.5. The van der Waals surface area contributed by atoms with Crippen molar-refractivity contribution in [2.75, 3.05) is 50.8 Å². The lowest BCUT2D eigenvalue weighted by atomic mass is 9.75. The first-order valence-electron chi connectivity index (χ1n) is 14.5. The van der Waals surface area contributed by atoms with Crippen molar-refractivity contribution in [3.63, 3.8) is 0 Å². The van der Waals surface area contributed by atoms with Crippen LogP contribution >= 0.6 is 0 Å². The molecule has 0 aromatic heterocycles. The van der Waals surface area contributed by atoms with E-state index < -0.39 is 16.9 Å². The number of non-ortho nitro benzene ring substituents is 1. The van der Waals surface area contributed by atoms with Gasteiger partial charge in [0.25, 0.3) is 11.6 Å². The molecule has 0 saturated carbocycles. The molecule has 0 unspecified atom stereocenters. The van der Waals surface area contributed by atoms with E-state index in [2.05, 4.69) is 4.90 Å². The van der Waals surface area contributed by atoms with E-state index >= 15 is 0 Å². The first-order valence-corrected chi connectivity index (χ1v) is 14.5. The zero-order valence-corrected chi connectivity index (χ0v) is 23.8. The number of hydrogen-bond donors (Lipinski definition) is 0. The van der Waals surface area contributed by atoms with Crippen molar-refractivity contribution in [3.8, 4) is 11.5 Å². The summed E-state index contributed by atoms with van der Waals surface area (Å²) in [5.41, 5.74) is 4.27. The number of carbonyl (C=O) groups is 2. The quantitative estimate of drug-likeness (QED) is 0.303. The molecule has 3 aromatic carbocycles. The number of nitro groups is 1. The second kappa shape index (κ2) is 11.3. The van der Waals surface area contributed by atoms with E-state index in [-0.39, 0.29) is 17.5 Å². The monoisotopic (exact) mass is 570 g/mol. The molecule has 218 valence electrons. The Morgan fingerprint density at radius 2 is 1.57 bits per heavy atom. The molecule has 10 heteroatoms. The van der Waals surface area contributed by atoms with E-state index in [4.69, 9.17) is 9.47 Å².